The Balaban J connectivity index is 1.93. The second-order valence-electron chi connectivity index (χ2n) is 5.95. The van der Waals surface area contributed by atoms with Crippen LogP contribution in [0.15, 0.2) is 30.3 Å². The van der Waals surface area contributed by atoms with E-state index in [1.165, 1.54) is 0 Å². The van der Waals surface area contributed by atoms with Gasteiger partial charge in [0.2, 0.25) is 5.91 Å². The van der Waals surface area contributed by atoms with Crippen molar-refractivity contribution in [3.63, 3.8) is 0 Å². The van der Waals surface area contributed by atoms with Gasteiger partial charge in [-0.2, -0.15) is 0 Å². The highest BCUT2D eigenvalue weighted by atomic mass is 16.4. The van der Waals surface area contributed by atoms with E-state index in [0.29, 0.717) is 12.8 Å². The molecule has 4 N–H and O–H groups in total. The van der Waals surface area contributed by atoms with Crippen molar-refractivity contribution in [2.75, 3.05) is 0 Å². The second kappa shape index (κ2) is 6.26. The third-order valence-electron chi connectivity index (χ3n) is 4.08. The molecule has 21 heavy (non-hydrogen) atoms. The van der Waals surface area contributed by atoms with Crippen molar-refractivity contribution in [1.29, 1.82) is 0 Å². The fourth-order valence-corrected chi connectivity index (χ4v) is 2.40. The highest BCUT2D eigenvalue weighted by Crippen LogP contribution is 2.38. The summed E-state index contributed by atoms with van der Waals surface area (Å²) in [5, 5.41) is 11.8. The summed E-state index contributed by atoms with van der Waals surface area (Å²) in [6.45, 7) is 1.68. The molecule has 0 heterocycles. The van der Waals surface area contributed by atoms with Crippen molar-refractivity contribution in [2.24, 2.45) is 11.7 Å². The maximum Gasteiger partial charge on any atom is 0.326 e. The molecule has 1 aliphatic carbocycles. The summed E-state index contributed by atoms with van der Waals surface area (Å²) in [4.78, 5) is 23.5. The molecule has 1 aromatic rings. The second-order valence-corrected chi connectivity index (χ2v) is 5.95. The number of aryl methyl sites for hydroxylation is 1. The van der Waals surface area contributed by atoms with Crippen LogP contribution < -0.4 is 11.1 Å². The third kappa shape index (κ3) is 4.04. The highest BCUT2D eigenvalue weighted by Gasteiger charge is 2.44. The van der Waals surface area contributed by atoms with Crippen LogP contribution in [0.3, 0.4) is 0 Å². The largest absolute Gasteiger partial charge is 0.480 e. The molecule has 0 spiro atoms. The molecule has 1 aliphatic rings. The molecule has 0 radical (unpaired) electrons. The summed E-state index contributed by atoms with van der Waals surface area (Å²) in [7, 11) is 0. The zero-order chi connectivity index (χ0) is 15.5. The fourth-order valence-electron chi connectivity index (χ4n) is 2.40. The van der Waals surface area contributed by atoms with Gasteiger partial charge in [0, 0.05) is 0 Å². The van der Waals surface area contributed by atoms with E-state index in [9.17, 15) is 14.7 Å². The summed E-state index contributed by atoms with van der Waals surface area (Å²) in [6.07, 6.45) is 2.82. The smallest absolute Gasteiger partial charge is 0.326 e. The number of amides is 1. The number of benzene rings is 1. The monoisotopic (exact) mass is 290 g/mol. The lowest BCUT2D eigenvalue weighted by atomic mass is 9.95. The molecular weight excluding hydrogens is 268 g/mol. The first-order valence-electron chi connectivity index (χ1n) is 7.28. The Labute approximate surface area is 124 Å². The van der Waals surface area contributed by atoms with Gasteiger partial charge in [0.25, 0.3) is 0 Å². The topological polar surface area (TPSA) is 92.4 Å². The number of rotatable bonds is 7. The number of nitrogens with one attached hydrogen (secondary N) is 1. The number of carbonyl (C=O) groups excluding carboxylic acids is 1. The Kier molecular flexibility index (Phi) is 4.63. The van der Waals surface area contributed by atoms with Crippen molar-refractivity contribution in [1.82, 2.24) is 5.32 Å². The van der Waals surface area contributed by atoms with Crippen molar-refractivity contribution < 1.29 is 14.7 Å². The van der Waals surface area contributed by atoms with Gasteiger partial charge in [-0.25, -0.2) is 4.79 Å². The number of nitrogens with two attached hydrogens (primary N) is 1. The normalized spacial score (nSPS) is 18.6. The molecule has 1 amide bonds. The maximum absolute atomic E-state index is 12.2. The Morgan fingerprint density at radius 3 is 2.52 bits per heavy atom. The molecule has 0 bridgehead atoms. The van der Waals surface area contributed by atoms with Crippen LogP contribution >= 0.6 is 0 Å². The summed E-state index contributed by atoms with van der Waals surface area (Å²) < 4.78 is 0. The van der Waals surface area contributed by atoms with Crippen LogP contribution in [0.5, 0.6) is 0 Å². The molecule has 0 aliphatic heterocycles. The molecule has 1 saturated carbocycles. The molecule has 5 nitrogen and oxygen atoms in total. The Hall–Kier alpha value is -1.88. The van der Waals surface area contributed by atoms with E-state index in [4.69, 9.17) is 5.73 Å². The zero-order valence-corrected chi connectivity index (χ0v) is 12.2. The predicted octanol–water partition coefficient (Wildman–Crippen LogP) is 1.32. The van der Waals surface area contributed by atoms with E-state index in [1.807, 2.05) is 30.3 Å². The minimum absolute atomic E-state index is 0.168. The van der Waals surface area contributed by atoms with Crippen LogP contribution in [-0.2, 0) is 16.0 Å². The fraction of sp³-hybridized carbons (Fsp3) is 0.500. The van der Waals surface area contributed by atoms with Gasteiger partial charge in [-0.1, -0.05) is 30.3 Å². The van der Waals surface area contributed by atoms with Gasteiger partial charge in [0.1, 0.15) is 6.04 Å². The van der Waals surface area contributed by atoms with Crippen molar-refractivity contribution in [2.45, 2.75) is 44.2 Å². The highest BCUT2D eigenvalue weighted by molar-refractivity contribution is 5.90. The quantitative estimate of drug-likeness (QED) is 0.706. The average Bonchev–Trinajstić information content (AvgIpc) is 3.28. The number of aliphatic carboxylic acids is 1. The van der Waals surface area contributed by atoms with Gasteiger partial charge in [-0.05, 0) is 44.1 Å². The van der Waals surface area contributed by atoms with Gasteiger partial charge in [0.15, 0.2) is 0 Å². The first kappa shape index (κ1) is 15.5. The van der Waals surface area contributed by atoms with Crippen LogP contribution in [0.4, 0.5) is 0 Å². The number of hydrogen-bond donors (Lipinski definition) is 3. The minimum atomic E-state index is -1.02. The number of carboxylic acid groups (broad SMARTS) is 1. The maximum atomic E-state index is 12.2. The van der Waals surface area contributed by atoms with E-state index in [0.717, 1.165) is 18.4 Å². The van der Waals surface area contributed by atoms with Gasteiger partial charge < -0.3 is 16.2 Å². The predicted molar refractivity (Wildman–Crippen MR) is 79.6 cm³/mol. The van der Waals surface area contributed by atoms with Gasteiger partial charge in [0.05, 0.1) is 5.54 Å². The molecule has 0 saturated heterocycles. The molecule has 1 aromatic carbocycles. The van der Waals surface area contributed by atoms with Crippen molar-refractivity contribution in [3.8, 4) is 0 Å². The van der Waals surface area contributed by atoms with Gasteiger partial charge in [-0.15, -0.1) is 0 Å². The van der Waals surface area contributed by atoms with Gasteiger partial charge in [-0.3, -0.25) is 4.79 Å². The van der Waals surface area contributed by atoms with Crippen LogP contribution in [-0.4, -0.2) is 28.6 Å². The van der Waals surface area contributed by atoms with Crippen molar-refractivity contribution in [3.05, 3.63) is 35.9 Å². The Morgan fingerprint density at radius 2 is 2.00 bits per heavy atom. The van der Waals surface area contributed by atoms with Gasteiger partial charge >= 0.3 is 5.97 Å². The molecule has 1 unspecified atom stereocenters. The molecule has 0 aromatic heterocycles. The van der Waals surface area contributed by atoms with E-state index < -0.39 is 17.6 Å². The Bertz CT molecular complexity index is 510. The van der Waals surface area contributed by atoms with E-state index in [-0.39, 0.29) is 11.8 Å². The number of carbonyl (C=O) groups is 2. The molecule has 2 rings (SSSR count). The van der Waals surface area contributed by atoms with E-state index >= 15 is 0 Å². The average molecular weight is 290 g/mol. The lowest BCUT2D eigenvalue weighted by molar-refractivity contribution is -0.143. The summed E-state index contributed by atoms with van der Waals surface area (Å²) in [5.74, 6) is -1.22. The summed E-state index contributed by atoms with van der Waals surface area (Å²) >= 11 is 0. The van der Waals surface area contributed by atoms with Crippen LogP contribution in [0.2, 0.25) is 0 Å². The van der Waals surface area contributed by atoms with Crippen LogP contribution in [0.25, 0.3) is 0 Å². The minimum Gasteiger partial charge on any atom is -0.480 e. The summed E-state index contributed by atoms with van der Waals surface area (Å²) in [5.41, 5.74) is 6.10. The third-order valence-corrected chi connectivity index (χ3v) is 4.08. The molecule has 5 heteroatoms. The molecule has 2 atom stereocenters. The van der Waals surface area contributed by atoms with Crippen LogP contribution in [0, 0.1) is 5.92 Å². The standard InChI is InChI=1S/C16H22N2O3/c1-16(17,12-8-9-12)15(21)18-13(14(19)20)10-7-11-5-3-2-4-6-11/h2-6,12-13H,7-10,17H2,1H3,(H,18,21)(H,19,20)/t13-,16?/m0/s1. The van der Waals surface area contributed by atoms with Crippen LogP contribution in [0.1, 0.15) is 31.7 Å². The lowest BCUT2D eigenvalue weighted by Crippen LogP contribution is -2.57. The van der Waals surface area contributed by atoms with E-state index in [2.05, 4.69) is 5.32 Å². The molecule has 1 fully saturated rings. The first-order chi connectivity index (χ1) is 9.91. The zero-order valence-electron chi connectivity index (χ0n) is 12.2. The first-order valence-corrected chi connectivity index (χ1v) is 7.28. The lowest BCUT2D eigenvalue weighted by Gasteiger charge is -2.25. The molecule has 114 valence electrons. The summed E-state index contributed by atoms with van der Waals surface area (Å²) in [6, 6.07) is 8.71. The number of carboxylic acids is 1. The number of hydrogen-bond acceptors (Lipinski definition) is 3. The Morgan fingerprint density at radius 1 is 1.38 bits per heavy atom. The molecular formula is C16H22N2O3. The SMILES string of the molecule is CC(N)(C(=O)N[C@@H](CCc1ccccc1)C(=O)O)C1CC1. The van der Waals surface area contributed by atoms with Crippen molar-refractivity contribution >= 4 is 11.9 Å². The van der Waals surface area contributed by atoms with E-state index in [1.54, 1.807) is 6.92 Å².